The molecule has 0 aliphatic rings. The molecule has 4 N–H and O–H groups in total. The average Bonchev–Trinajstić information content (AvgIpc) is 2.36. The molecule has 0 bridgehead atoms. The predicted octanol–water partition coefficient (Wildman–Crippen LogP) is 3.05. The number of carbonyl (C=O) groups is 1. The molecule has 0 atom stereocenters. The highest BCUT2D eigenvalue weighted by Gasteiger charge is 2.13. The van der Waals surface area contributed by atoms with Crippen LogP contribution >= 0.6 is 11.8 Å². The third-order valence-corrected chi connectivity index (χ3v) is 3.41. The quantitative estimate of drug-likeness (QED) is 0.506. The fourth-order valence-corrected chi connectivity index (χ4v) is 2.17. The molecule has 1 aromatic rings. The SMILES string of the molecule is CSCCCCCNc1cc(F)c(C(=O)O)cc1N. The molecule has 0 aromatic heterocycles. The lowest BCUT2D eigenvalue weighted by atomic mass is 10.1. The van der Waals surface area contributed by atoms with E-state index in [0.717, 1.165) is 37.1 Å². The minimum Gasteiger partial charge on any atom is -0.478 e. The number of carboxylic acid groups (broad SMARTS) is 1. The van der Waals surface area contributed by atoms with E-state index in [4.69, 9.17) is 10.8 Å². The van der Waals surface area contributed by atoms with Gasteiger partial charge in [0.2, 0.25) is 0 Å². The third-order valence-electron chi connectivity index (χ3n) is 2.71. The monoisotopic (exact) mass is 286 g/mol. The van der Waals surface area contributed by atoms with Gasteiger partial charge in [-0.05, 0) is 37.0 Å². The molecule has 1 aromatic carbocycles. The van der Waals surface area contributed by atoms with Crippen molar-refractivity contribution in [3.05, 3.63) is 23.5 Å². The Morgan fingerprint density at radius 1 is 1.42 bits per heavy atom. The molecule has 106 valence electrons. The first kappa shape index (κ1) is 15.6. The van der Waals surface area contributed by atoms with Crippen LogP contribution in [0.1, 0.15) is 29.6 Å². The number of nitrogen functional groups attached to an aromatic ring is 1. The second-order valence-corrected chi connectivity index (χ2v) is 5.19. The summed E-state index contributed by atoms with van der Waals surface area (Å²) >= 11 is 1.82. The molecule has 1 rings (SSSR count). The van der Waals surface area contributed by atoms with Crippen LogP contribution in [0.2, 0.25) is 0 Å². The van der Waals surface area contributed by atoms with Gasteiger partial charge >= 0.3 is 5.97 Å². The largest absolute Gasteiger partial charge is 0.478 e. The summed E-state index contributed by atoms with van der Waals surface area (Å²) in [5.41, 5.74) is 6.00. The van der Waals surface area contributed by atoms with Crippen molar-refractivity contribution in [2.24, 2.45) is 0 Å². The fraction of sp³-hybridized carbons (Fsp3) is 0.462. The standard InChI is InChI=1S/C13H19FN2O2S/c1-19-6-4-2-3-5-16-12-8-10(14)9(13(17)18)7-11(12)15/h7-8,16H,2-6,15H2,1H3,(H,17,18). The summed E-state index contributed by atoms with van der Waals surface area (Å²) in [5.74, 6) is -0.941. The first-order valence-electron chi connectivity index (χ1n) is 6.11. The highest BCUT2D eigenvalue weighted by atomic mass is 32.2. The number of halogens is 1. The number of anilines is 2. The van der Waals surface area contributed by atoms with Crippen molar-refractivity contribution < 1.29 is 14.3 Å². The number of aromatic carboxylic acids is 1. The van der Waals surface area contributed by atoms with Crippen LogP contribution < -0.4 is 11.1 Å². The molecule has 6 heteroatoms. The van der Waals surface area contributed by atoms with E-state index in [1.165, 1.54) is 0 Å². The summed E-state index contributed by atoms with van der Waals surface area (Å²) < 4.78 is 13.5. The highest BCUT2D eigenvalue weighted by Crippen LogP contribution is 2.23. The van der Waals surface area contributed by atoms with E-state index >= 15 is 0 Å². The molecule has 4 nitrogen and oxygen atoms in total. The van der Waals surface area contributed by atoms with Crippen LogP contribution in [0.4, 0.5) is 15.8 Å². The number of benzene rings is 1. The normalized spacial score (nSPS) is 10.4. The highest BCUT2D eigenvalue weighted by molar-refractivity contribution is 7.98. The Labute approximate surface area is 116 Å². The summed E-state index contributed by atoms with van der Waals surface area (Å²) in [6.07, 6.45) is 5.31. The van der Waals surface area contributed by atoms with Crippen LogP contribution in [0.3, 0.4) is 0 Å². The van der Waals surface area contributed by atoms with Gasteiger partial charge in [0.1, 0.15) is 5.82 Å². The van der Waals surface area contributed by atoms with Crippen molar-refractivity contribution in [2.45, 2.75) is 19.3 Å². The van der Waals surface area contributed by atoms with Crippen LogP contribution in [0.25, 0.3) is 0 Å². The summed E-state index contributed by atoms with van der Waals surface area (Å²) in [5, 5.41) is 11.8. The molecule has 0 amide bonds. The van der Waals surface area contributed by atoms with Crippen LogP contribution in [0.5, 0.6) is 0 Å². The maximum atomic E-state index is 13.5. The molecule has 0 unspecified atom stereocenters. The van der Waals surface area contributed by atoms with E-state index < -0.39 is 17.3 Å². The molecule has 0 heterocycles. The third kappa shape index (κ3) is 4.98. The van der Waals surface area contributed by atoms with Crippen LogP contribution in [0, 0.1) is 5.82 Å². The summed E-state index contributed by atoms with van der Waals surface area (Å²) in [6, 6.07) is 2.29. The fourth-order valence-electron chi connectivity index (χ4n) is 1.68. The van der Waals surface area contributed by atoms with Gasteiger partial charge in [0, 0.05) is 6.54 Å². The lowest BCUT2D eigenvalue weighted by Gasteiger charge is -2.10. The zero-order valence-corrected chi connectivity index (χ0v) is 11.7. The van der Waals surface area contributed by atoms with Crippen molar-refractivity contribution in [2.75, 3.05) is 29.6 Å². The number of nitrogens with one attached hydrogen (secondary N) is 1. The van der Waals surface area contributed by atoms with Crippen LogP contribution in [-0.4, -0.2) is 29.6 Å². The number of carboxylic acids is 1. The van der Waals surface area contributed by atoms with E-state index in [1.807, 2.05) is 11.8 Å². The lowest BCUT2D eigenvalue weighted by molar-refractivity contribution is 0.0692. The minimum atomic E-state index is -1.31. The lowest BCUT2D eigenvalue weighted by Crippen LogP contribution is -2.08. The molecule has 0 saturated heterocycles. The van der Waals surface area contributed by atoms with Crippen LogP contribution in [0.15, 0.2) is 12.1 Å². The van der Waals surface area contributed by atoms with E-state index in [9.17, 15) is 9.18 Å². The smallest absolute Gasteiger partial charge is 0.338 e. The van der Waals surface area contributed by atoms with Gasteiger partial charge in [-0.1, -0.05) is 6.42 Å². The zero-order chi connectivity index (χ0) is 14.3. The number of hydrogen-bond donors (Lipinski definition) is 3. The van der Waals surface area contributed by atoms with Crippen molar-refractivity contribution in [3.63, 3.8) is 0 Å². The molecule has 0 aliphatic carbocycles. The molecule has 0 saturated carbocycles. The Bertz CT molecular complexity index is 441. The molecule has 0 radical (unpaired) electrons. The maximum absolute atomic E-state index is 13.5. The average molecular weight is 286 g/mol. The van der Waals surface area contributed by atoms with Gasteiger partial charge in [-0.25, -0.2) is 9.18 Å². The Morgan fingerprint density at radius 3 is 2.79 bits per heavy atom. The Balaban J connectivity index is 2.50. The predicted molar refractivity (Wildman–Crippen MR) is 78.5 cm³/mol. The molecule has 0 aliphatic heterocycles. The summed E-state index contributed by atoms with van der Waals surface area (Å²) in [7, 11) is 0. The number of rotatable bonds is 8. The minimum absolute atomic E-state index is 0.253. The molecule has 0 fully saturated rings. The van der Waals surface area contributed by atoms with E-state index in [-0.39, 0.29) is 5.69 Å². The Hall–Kier alpha value is -1.43. The zero-order valence-electron chi connectivity index (χ0n) is 10.9. The van der Waals surface area contributed by atoms with Crippen molar-refractivity contribution in [1.82, 2.24) is 0 Å². The number of thioether (sulfide) groups is 1. The first-order chi connectivity index (χ1) is 9.06. The second kappa shape index (κ2) is 7.89. The van der Waals surface area contributed by atoms with E-state index in [2.05, 4.69) is 11.6 Å². The van der Waals surface area contributed by atoms with Gasteiger partial charge in [-0.3, -0.25) is 0 Å². The molecular weight excluding hydrogens is 267 g/mol. The van der Waals surface area contributed by atoms with Gasteiger partial charge in [0.15, 0.2) is 0 Å². The van der Waals surface area contributed by atoms with Crippen molar-refractivity contribution in [3.8, 4) is 0 Å². The molecular formula is C13H19FN2O2S. The van der Waals surface area contributed by atoms with Gasteiger partial charge in [-0.2, -0.15) is 11.8 Å². The Kier molecular flexibility index (Phi) is 6.49. The van der Waals surface area contributed by atoms with Crippen molar-refractivity contribution in [1.29, 1.82) is 0 Å². The summed E-state index contributed by atoms with van der Waals surface area (Å²) in [4.78, 5) is 10.7. The number of unbranched alkanes of at least 4 members (excludes halogenated alkanes) is 2. The number of hydrogen-bond acceptors (Lipinski definition) is 4. The number of nitrogens with two attached hydrogens (primary N) is 1. The second-order valence-electron chi connectivity index (χ2n) is 4.20. The van der Waals surface area contributed by atoms with Crippen LogP contribution in [-0.2, 0) is 0 Å². The Morgan fingerprint density at radius 2 is 2.16 bits per heavy atom. The molecule has 0 spiro atoms. The van der Waals surface area contributed by atoms with Gasteiger partial charge in [0.05, 0.1) is 16.9 Å². The molecule has 19 heavy (non-hydrogen) atoms. The maximum Gasteiger partial charge on any atom is 0.338 e. The topological polar surface area (TPSA) is 75.3 Å². The first-order valence-corrected chi connectivity index (χ1v) is 7.50. The van der Waals surface area contributed by atoms with E-state index in [0.29, 0.717) is 12.2 Å². The van der Waals surface area contributed by atoms with Gasteiger partial charge in [0.25, 0.3) is 0 Å². The van der Waals surface area contributed by atoms with E-state index in [1.54, 1.807) is 0 Å². The summed E-state index contributed by atoms with van der Waals surface area (Å²) in [6.45, 7) is 0.699. The van der Waals surface area contributed by atoms with Gasteiger partial charge < -0.3 is 16.2 Å². The van der Waals surface area contributed by atoms with Crippen molar-refractivity contribution >= 4 is 29.1 Å². The van der Waals surface area contributed by atoms with Gasteiger partial charge in [-0.15, -0.1) is 0 Å².